The number of rotatable bonds is 1. The molecule has 0 aliphatic carbocycles. The summed E-state index contributed by atoms with van der Waals surface area (Å²) < 4.78 is 7.02. The van der Waals surface area contributed by atoms with Crippen LogP contribution in [-0.2, 0) is 17.7 Å². The normalized spacial score (nSPS) is 13.9. The fourth-order valence-corrected chi connectivity index (χ4v) is 2.79. The number of phenolic OH excluding ortho intramolecular Hbond substituents is 1. The highest BCUT2D eigenvalue weighted by Gasteiger charge is 2.26. The van der Waals surface area contributed by atoms with E-state index in [2.05, 4.69) is 4.57 Å². The molecule has 2 aromatic rings. The van der Waals surface area contributed by atoms with Gasteiger partial charge in [0.25, 0.3) is 0 Å². The smallest absolute Gasteiger partial charge is 0.340 e. The zero-order valence-corrected chi connectivity index (χ0v) is 10.5. The third-order valence-electron chi connectivity index (χ3n) is 3.67. The summed E-state index contributed by atoms with van der Waals surface area (Å²) >= 11 is 0. The molecule has 4 nitrogen and oxygen atoms in total. The van der Waals surface area contributed by atoms with E-state index >= 15 is 0 Å². The summed E-state index contributed by atoms with van der Waals surface area (Å²) in [5, 5.41) is 10.6. The van der Waals surface area contributed by atoms with Gasteiger partial charge in [-0.3, -0.25) is 0 Å². The largest absolute Gasteiger partial charge is 0.508 e. The molecule has 4 heteroatoms. The minimum atomic E-state index is -0.320. The van der Waals surface area contributed by atoms with Crippen molar-refractivity contribution < 1.29 is 14.6 Å². The van der Waals surface area contributed by atoms with E-state index in [1.54, 1.807) is 6.07 Å². The Morgan fingerprint density at radius 3 is 2.94 bits per heavy atom. The van der Waals surface area contributed by atoms with Gasteiger partial charge < -0.3 is 14.4 Å². The van der Waals surface area contributed by atoms with E-state index < -0.39 is 0 Å². The standard InChI is InChI=1S/C14H15NO3/c1-8-6-11-9(7-12(8)16)13(14(17)18-2)10-4-3-5-15(10)11/h6-7,16H,3-5H2,1-2H3. The third-order valence-corrected chi connectivity index (χ3v) is 3.67. The lowest BCUT2D eigenvalue weighted by Gasteiger charge is -2.03. The molecule has 0 radical (unpaired) electrons. The Kier molecular flexibility index (Phi) is 2.33. The molecular weight excluding hydrogens is 230 g/mol. The summed E-state index contributed by atoms with van der Waals surface area (Å²) in [7, 11) is 1.39. The molecular formula is C14H15NO3. The first-order chi connectivity index (χ1) is 8.63. The molecule has 1 N–H and O–H groups in total. The van der Waals surface area contributed by atoms with Gasteiger partial charge in [-0.05, 0) is 37.5 Å². The van der Waals surface area contributed by atoms with Crippen molar-refractivity contribution in [1.82, 2.24) is 4.57 Å². The number of aromatic hydroxyl groups is 1. The van der Waals surface area contributed by atoms with E-state index in [1.165, 1.54) is 7.11 Å². The second-order valence-electron chi connectivity index (χ2n) is 4.72. The van der Waals surface area contributed by atoms with Gasteiger partial charge in [-0.1, -0.05) is 0 Å². The maximum Gasteiger partial charge on any atom is 0.340 e. The first-order valence-corrected chi connectivity index (χ1v) is 6.06. The van der Waals surface area contributed by atoms with Crippen LogP contribution in [-0.4, -0.2) is 22.8 Å². The Bertz CT molecular complexity index is 655. The van der Waals surface area contributed by atoms with Crippen LogP contribution in [0, 0.1) is 6.92 Å². The number of carbonyl (C=O) groups excluding carboxylic acids is 1. The summed E-state index contributed by atoms with van der Waals surface area (Å²) in [6.07, 6.45) is 1.94. The van der Waals surface area contributed by atoms with Crippen LogP contribution in [0.25, 0.3) is 10.9 Å². The highest BCUT2D eigenvalue weighted by atomic mass is 16.5. The number of hydrogen-bond acceptors (Lipinski definition) is 3. The molecule has 1 aliphatic heterocycles. The van der Waals surface area contributed by atoms with Gasteiger partial charge in [0, 0.05) is 23.1 Å². The van der Waals surface area contributed by atoms with Crippen LogP contribution in [0.4, 0.5) is 0 Å². The van der Waals surface area contributed by atoms with Gasteiger partial charge in [0.05, 0.1) is 12.7 Å². The molecule has 0 saturated carbocycles. The number of esters is 1. The van der Waals surface area contributed by atoms with E-state index in [4.69, 9.17) is 4.74 Å². The summed E-state index contributed by atoms with van der Waals surface area (Å²) in [5.41, 5.74) is 3.48. The zero-order valence-electron chi connectivity index (χ0n) is 10.5. The number of carbonyl (C=O) groups is 1. The topological polar surface area (TPSA) is 51.5 Å². The van der Waals surface area contributed by atoms with Crippen molar-refractivity contribution in [2.75, 3.05) is 7.11 Å². The summed E-state index contributed by atoms with van der Waals surface area (Å²) in [5.74, 6) is -0.101. The van der Waals surface area contributed by atoms with Gasteiger partial charge in [0.1, 0.15) is 5.75 Å². The molecule has 1 aromatic heterocycles. The molecule has 2 heterocycles. The minimum Gasteiger partial charge on any atom is -0.508 e. The highest BCUT2D eigenvalue weighted by molar-refractivity contribution is 6.06. The van der Waals surface area contributed by atoms with Crippen LogP contribution in [0.1, 0.15) is 28.0 Å². The van der Waals surface area contributed by atoms with E-state index in [0.717, 1.165) is 41.5 Å². The fourth-order valence-electron chi connectivity index (χ4n) is 2.79. The molecule has 1 aromatic carbocycles. The van der Waals surface area contributed by atoms with Crippen LogP contribution in [0.3, 0.4) is 0 Å². The number of aromatic nitrogens is 1. The number of hydrogen-bond donors (Lipinski definition) is 1. The number of aryl methyl sites for hydroxylation is 2. The van der Waals surface area contributed by atoms with Crippen LogP contribution in [0.5, 0.6) is 5.75 Å². The third kappa shape index (κ3) is 1.35. The van der Waals surface area contributed by atoms with Crippen LogP contribution in [0.15, 0.2) is 12.1 Å². The molecule has 0 unspecified atom stereocenters. The predicted octanol–water partition coefficient (Wildman–Crippen LogP) is 2.39. The molecule has 0 atom stereocenters. The van der Waals surface area contributed by atoms with E-state index in [-0.39, 0.29) is 11.7 Å². The van der Waals surface area contributed by atoms with Gasteiger partial charge in [-0.15, -0.1) is 0 Å². The zero-order chi connectivity index (χ0) is 12.9. The van der Waals surface area contributed by atoms with Crippen molar-refractivity contribution in [3.05, 3.63) is 29.0 Å². The number of ether oxygens (including phenoxy) is 1. The second kappa shape index (κ2) is 3.77. The number of fused-ring (bicyclic) bond motifs is 3. The summed E-state index contributed by atoms with van der Waals surface area (Å²) in [6.45, 7) is 2.79. The van der Waals surface area contributed by atoms with Crippen molar-refractivity contribution in [2.24, 2.45) is 0 Å². The molecule has 0 bridgehead atoms. The summed E-state index contributed by atoms with van der Waals surface area (Å²) in [4.78, 5) is 11.9. The molecule has 0 spiro atoms. The van der Waals surface area contributed by atoms with E-state index in [0.29, 0.717) is 5.56 Å². The van der Waals surface area contributed by atoms with Crippen molar-refractivity contribution in [1.29, 1.82) is 0 Å². The Balaban J connectivity index is 2.40. The molecule has 1 aliphatic rings. The van der Waals surface area contributed by atoms with Gasteiger partial charge in [-0.25, -0.2) is 4.79 Å². The van der Waals surface area contributed by atoms with Crippen LogP contribution >= 0.6 is 0 Å². The van der Waals surface area contributed by atoms with Crippen molar-refractivity contribution in [3.8, 4) is 5.75 Å². The van der Waals surface area contributed by atoms with Crippen LogP contribution in [0.2, 0.25) is 0 Å². The van der Waals surface area contributed by atoms with Crippen molar-refractivity contribution in [3.63, 3.8) is 0 Å². The van der Waals surface area contributed by atoms with Gasteiger partial charge in [-0.2, -0.15) is 0 Å². The molecule has 0 saturated heterocycles. The Morgan fingerprint density at radius 1 is 1.44 bits per heavy atom. The first-order valence-electron chi connectivity index (χ1n) is 6.06. The Hall–Kier alpha value is -1.97. The molecule has 3 rings (SSSR count). The first kappa shape index (κ1) is 11.1. The molecule has 18 heavy (non-hydrogen) atoms. The monoisotopic (exact) mass is 245 g/mol. The van der Waals surface area contributed by atoms with Gasteiger partial charge in [0.2, 0.25) is 0 Å². The Morgan fingerprint density at radius 2 is 2.22 bits per heavy atom. The highest BCUT2D eigenvalue weighted by Crippen LogP contribution is 2.35. The maximum absolute atomic E-state index is 11.9. The molecule has 0 amide bonds. The molecule has 0 fully saturated rings. The lowest BCUT2D eigenvalue weighted by molar-refractivity contribution is 0.0602. The fraction of sp³-hybridized carbons (Fsp3) is 0.357. The summed E-state index contributed by atoms with van der Waals surface area (Å²) in [6, 6.07) is 3.61. The lowest BCUT2D eigenvalue weighted by atomic mass is 10.1. The quantitative estimate of drug-likeness (QED) is 0.785. The van der Waals surface area contributed by atoms with Crippen LogP contribution < -0.4 is 0 Å². The lowest BCUT2D eigenvalue weighted by Crippen LogP contribution is -2.03. The number of benzene rings is 1. The van der Waals surface area contributed by atoms with E-state index in [1.807, 2.05) is 13.0 Å². The van der Waals surface area contributed by atoms with Crippen molar-refractivity contribution in [2.45, 2.75) is 26.3 Å². The number of methoxy groups -OCH3 is 1. The van der Waals surface area contributed by atoms with Gasteiger partial charge >= 0.3 is 5.97 Å². The van der Waals surface area contributed by atoms with Crippen molar-refractivity contribution >= 4 is 16.9 Å². The Labute approximate surface area is 105 Å². The maximum atomic E-state index is 11.9. The average molecular weight is 245 g/mol. The average Bonchev–Trinajstić information content (AvgIpc) is 2.90. The SMILES string of the molecule is COC(=O)c1c2n(c3cc(C)c(O)cc13)CCC2. The predicted molar refractivity (Wildman–Crippen MR) is 68.0 cm³/mol. The molecule has 94 valence electrons. The minimum absolute atomic E-state index is 0.219. The number of phenols is 1. The van der Waals surface area contributed by atoms with Gasteiger partial charge in [0.15, 0.2) is 0 Å². The van der Waals surface area contributed by atoms with E-state index in [9.17, 15) is 9.90 Å². The second-order valence-corrected chi connectivity index (χ2v) is 4.72. The number of nitrogens with zero attached hydrogens (tertiary/aromatic N) is 1.